The van der Waals surface area contributed by atoms with Crippen LogP contribution in [0.1, 0.15) is 41.4 Å². The fraction of sp³-hybridized carbons (Fsp3) is 0.435. The second kappa shape index (κ2) is 9.48. The van der Waals surface area contributed by atoms with Crippen molar-refractivity contribution >= 4 is 32.5 Å². The van der Waals surface area contributed by atoms with E-state index in [1.807, 2.05) is 24.7 Å². The maximum Gasteiger partial charge on any atom is 0.251 e. The lowest BCUT2D eigenvalue weighted by Gasteiger charge is -2.26. The van der Waals surface area contributed by atoms with Gasteiger partial charge in [0, 0.05) is 55.4 Å². The smallest absolute Gasteiger partial charge is 0.251 e. The molecule has 1 aromatic carbocycles. The molecular weight excluding hydrogens is 442 g/mol. The first-order valence-corrected chi connectivity index (χ1v) is 12.9. The number of rotatable bonds is 7. The van der Waals surface area contributed by atoms with Crippen LogP contribution in [-0.2, 0) is 27.7 Å². The molecule has 4 rings (SSSR count). The fourth-order valence-corrected chi connectivity index (χ4v) is 4.66. The molecule has 1 aliphatic heterocycles. The number of nitrogens with one attached hydrogen (secondary N) is 2. The Morgan fingerprint density at radius 3 is 2.55 bits per heavy atom. The normalized spacial score (nSPS) is 15.0. The molecule has 0 spiro atoms. The maximum atomic E-state index is 12.8. The number of carbonyl (C=O) groups is 1. The molecule has 9 nitrogen and oxygen atoms in total. The molecule has 0 bridgehead atoms. The second-order valence-electron chi connectivity index (χ2n) is 8.26. The van der Waals surface area contributed by atoms with Crippen molar-refractivity contribution < 1.29 is 17.9 Å². The minimum absolute atomic E-state index is 0.181. The van der Waals surface area contributed by atoms with Crippen LogP contribution in [0.15, 0.2) is 35.4 Å². The zero-order valence-corrected chi connectivity index (χ0v) is 19.9. The van der Waals surface area contributed by atoms with Crippen molar-refractivity contribution in [1.82, 2.24) is 20.1 Å². The third kappa shape index (κ3) is 5.01. The molecule has 0 saturated carbocycles. The summed E-state index contributed by atoms with van der Waals surface area (Å²) in [5.41, 5.74) is 3.88. The third-order valence-electron chi connectivity index (χ3n) is 5.93. The summed E-state index contributed by atoms with van der Waals surface area (Å²) in [5.74, 6) is -0.282. The van der Waals surface area contributed by atoms with E-state index in [1.54, 1.807) is 0 Å². The Labute approximate surface area is 193 Å². The van der Waals surface area contributed by atoms with Crippen LogP contribution in [-0.4, -0.2) is 54.6 Å². The van der Waals surface area contributed by atoms with E-state index in [1.165, 1.54) is 24.3 Å². The number of fused-ring (bicyclic) bond motifs is 1. The van der Waals surface area contributed by atoms with Gasteiger partial charge in [-0.2, -0.15) is 5.10 Å². The van der Waals surface area contributed by atoms with Crippen LogP contribution in [0.5, 0.6) is 0 Å². The molecule has 176 valence electrons. The van der Waals surface area contributed by atoms with E-state index in [0.29, 0.717) is 25.3 Å². The first-order chi connectivity index (χ1) is 15.8. The Bertz CT molecular complexity index is 1260. The zero-order chi connectivity index (χ0) is 23.6. The number of benzene rings is 1. The van der Waals surface area contributed by atoms with E-state index < -0.39 is 9.84 Å². The molecule has 1 aliphatic rings. The average molecular weight is 472 g/mol. The van der Waals surface area contributed by atoms with Gasteiger partial charge < -0.3 is 15.4 Å². The molecule has 10 heteroatoms. The predicted molar refractivity (Wildman–Crippen MR) is 126 cm³/mol. The topological polar surface area (TPSA) is 115 Å². The van der Waals surface area contributed by atoms with Crippen molar-refractivity contribution in [2.24, 2.45) is 0 Å². The molecule has 0 radical (unpaired) electrons. The summed E-state index contributed by atoms with van der Waals surface area (Å²) in [6.45, 7) is 6.39. The Balaban J connectivity index is 1.61. The van der Waals surface area contributed by atoms with Crippen molar-refractivity contribution in [3.63, 3.8) is 0 Å². The van der Waals surface area contributed by atoms with Crippen molar-refractivity contribution in [2.75, 3.05) is 24.8 Å². The summed E-state index contributed by atoms with van der Waals surface area (Å²) in [5, 5.41) is 12.0. The summed E-state index contributed by atoms with van der Waals surface area (Å²) in [6.07, 6.45) is 4.77. The first-order valence-electron chi connectivity index (χ1n) is 11.1. The monoisotopic (exact) mass is 471 g/mol. The van der Waals surface area contributed by atoms with Gasteiger partial charge in [-0.15, -0.1) is 0 Å². The van der Waals surface area contributed by atoms with E-state index in [0.717, 1.165) is 47.1 Å². The molecule has 1 fully saturated rings. The first kappa shape index (κ1) is 23.2. The van der Waals surface area contributed by atoms with Gasteiger partial charge in [-0.3, -0.25) is 4.79 Å². The lowest BCUT2D eigenvalue weighted by atomic mass is 10.0. The standard InChI is InChI=1S/C23H29N5O4S/c1-4-28-22-20(14-25-28)21(27-17-9-11-32-12-10-17)19(15(2)26-22)13-24-23(29)16-5-7-18(8-6-16)33(3,30)31/h5-8,14,17H,4,9-13H2,1-3H3,(H,24,29)(H,26,27). The number of pyridine rings is 1. The number of anilines is 1. The molecule has 3 aromatic rings. The van der Waals surface area contributed by atoms with Crippen LogP contribution in [0.2, 0.25) is 0 Å². The quantitative estimate of drug-likeness (QED) is 0.544. The number of amides is 1. The van der Waals surface area contributed by atoms with Crippen molar-refractivity contribution in [1.29, 1.82) is 0 Å². The number of sulfone groups is 1. The van der Waals surface area contributed by atoms with Gasteiger partial charge in [-0.05, 0) is 51.0 Å². The maximum absolute atomic E-state index is 12.8. The molecular formula is C23H29N5O4S. The summed E-state index contributed by atoms with van der Waals surface area (Å²) >= 11 is 0. The molecule has 33 heavy (non-hydrogen) atoms. The highest BCUT2D eigenvalue weighted by Crippen LogP contribution is 2.30. The minimum atomic E-state index is -3.31. The van der Waals surface area contributed by atoms with Crippen molar-refractivity contribution in [3.8, 4) is 0 Å². The predicted octanol–water partition coefficient (Wildman–Crippen LogP) is 2.68. The largest absolute Gasteiger partial charge is 0.381 e. The molecule has 1 amide bonds. The Morgan fingerprint density at radius 2 is 1.91 bits per heavy atom. The SMILES string of the molecule is CCn1ncc2c(NC3CCOCC3)c(CNC(=O)c3ccc(S(C)(=O)=O)cc3)c(C)nc21. The van der Waals surface area contributed by atoms with Gasteiger partial charge >= 0.3 is 0 Å². The zero-order valence-electron chi connectivity index (χ0n) is 19.1. The number of hydrogen-bond acceptors (Lipinski definition) is 7. The Morgan fingerprint density at radius 1 is 1.21 bits per heavy atom. The van der Waals surface area contributed by atoms with E-state index in [2.05, 4.69) is 15.7 Å². The summed E-state index contributed by atoms with van der Waals surface area (Å²) in [6, 6.07) is 6.20. The van der Waals surface area contributed by atoms with Crippen molar-refractivity contribution in [3.05, 3.63) is 47.3 Å². The van der Waals surface area contributed by atoms with E-state index in [-0.39, 0.29) is 23.4 Å². The molecule has 2 N–H and O–H groups in total. The number of hydrogen-bond donors (Lipinski definition) is 2. The minimum Gasteiger partial charge on any atom is -0.381 e. The van der Waals surface area contributed by atoms with Gasteiger partial charge in [0.15, 0.2) is 15.5 Å². The molecule has 2 aromatic heterocycles. The van der Waals surface area contributed by atoms with Crippen LogP contribution in [0.4, 0.5) is 5.69 Å². The van der Waals surface area contributed by atoms with Crippen molar-refractivity contribution in [2.45, 2.75) is 50.7 Å². The molecule has 1 saturated heterocycles. The van der Waals surface area contributed by atoms with Gasteiger partial charge in [-0.1, -0.05) is 0 Å². The Hall–Kier alpha value is -2.98. The lowest BCUT2D eigenvalue weighted by Crippen LogP contribution is -2.30. The number of nitrogens with zero attached hydrogens (tertiary/aromatic N) is 3. The number of aromatic nitrogens is 3. The molecule has 0 aliphatic carbocycles. The fourth-order valence-electron chi connectivity index (χ4n) is 4.03. The lowest BCUT2D eigenvalue weighted by molar-refractivity contribution is 0.0904. The van der Waals surface area contributed by atoms with Crippen LogP contribution >= 0.6 is 0 Å². The van der Waals surface area contributed by atoms with Gasteiger partial charge in [-0.25, -0.2) is 18.1 Å². The highest BCUT2D eigenvalue weighted by molar-refractivity contribution is 7.90. The third-order valence-corrected chi connectivity index (χ3v) is 7.06. The Kier molecular flexibility index (Phi) is 6.66. The highest BCUT2D eigenvalue weighted by Gasteiger charge is 2.21. The van der Waals surface area contributed by atoms with Gasteiger partial charge in [0.1, 0.15) is 0 Å². The molecule has 0 unspecified atom stereocenters. The molecule has 3 heterocycles. The van der Waals surface area contributed by atoms with Crippen LogP contribution in [0.3, 0.4) is 0 Å². The van der Waals surface area contributed by atoms with E-state index >= 15 is 0 Å². The summed E-state index contributed by atoms with van der Waals surface area (Å²) in [4.78, 5) is 17.7. The van der Waals surface area contributed by atoms with E-state index in [9.17, 15) is 13.2 Å². The summed E-state index contributed by atoms with van der Waals surface area (Å²) in [7, 11) is -3.31. The average Bonchev–Trinajstić information content (AvgIpc) is 3.21. The highest BCUT2D eigenvalue weighted by atomic mass is 32.2. The number of carbonyl (C=O) groups excluding carboxylic acids is 1. The second-order valence-corrected chi connectivity index (χ2v) is 10.3. The van der Waals surface area contributed by atoms with Crippen LogP contribution in [0.25, 0.3) is 11.0 Å². The van der Waals surface area contributed by atoms with Gasteiger partial charge in [0.05, 0.1) is 22.2 Å². The number of ether oxygens (including phenoxy) is 1. The molecule has 0 atom stereocenters. The van der Waals surface area contributed by atoms with Crippen LogP contribution < -0.4 is 10.6 Å². The van der Waals surface area contributed by atoms with Crippen LogP contribution in [0, 0.1) is 6.92 Å². The van der Waals surface area contributed by atoms with E-state index in [4.69, 9.17) is 9.72 Å². The number of aryl methyl sites for hydroxylation is 2. The van der Waals surface area contributed by atoms with Gasteiger partial charge in [0.2, 0.25) is 0 Å². The van der Waals surface area contributed by atoms with Gasteiger partial charge in [0.25, 0.3) is 5.91 Å². The summed E-state index contributed by atoms with van der Waals surface area (Å²) < 4.78 is 30.7.